The van der Waals surface area contributed by atoms with Gasteiger partial charge in [-0.1, -0.05) is 13.0 Å². The lowest BCUT2D eigenvalue weighted by atomic mass is 10.0. The van der Waals surface area contributed by atoms with E-state index in [0.29, 0.717) is 6.04 Å². The quantitative estimate of drug-likeness (QED) is 0.830. The first-order valence-corrected chi connectivity index (χ1v) is 6.98. The number of rotatable bonds is 7. The molecular weight excluding hydrogens is 236 g/mol. The van der Waals surface area contributed by atoms with E-state index in [1.807, 2.05) is 29.3 Å². The molecule has 19 heavy (non-hydrogen) atoms. The summed E-state index contributed by atoms with van der Waals surface area (Å²) in [6.07, 6.45) is 9.96. The molecule has 2 rings (SSSR count). The first-order chi connectivity index (χ1) is 9.33. The van der Waals surface area contributed by atoms with Crippen LogP contribution in [0.2, 0.25) is 0 Å². The second-order valence-corrected chi connectivity index (χ2v) is 4.64. The number of nitrogens with zero attached hydrogens (tertiary/aromatic N) is 3. The highest BCUT2D eigenvalue weighted by Crippen LogP contribution is 2.18. The molecule has 0 saturated heterocycles. The van der Waals surface area contributed by atoms with Gasteiger partial charge >= 0.3 is 0 Å². The molecule has 1 atom stereocenters. The summed E-state index contributed by atoms with van der Waals surface area (Å²) in [5, 5.41) is 7.89. The molecule has 4 nitrogen and oxygen atoms in total. The van der Waals surface area contributed by atoms with Gasteiger partial charge in [-0.05, 0) is 37.9 Å². The highest BCUT2D eigenvalue weighted by molar-refractivity contribution is 5.13. The molecule has 4 heteroatoms. The van der Waals surface area contributed by atoms with Crippen LogP contribution in [0, 0.1) is 0 Å². The summed E-state index contributed by atoms with van der Waals surface area (Å²) in [5.41, 5.74) is 2.56. The van der Waals surface area contributed by atoms with Crippen LogP contribution in [0.1, 0.15) is 37.4 Å². The topological polar surface area (TPSA) is 42.7 Å². The molecule has 2 aromatic rings. The van der Waals surface area contributed by atoms with Gasteiger partial charge in [0, 0.05) is 36.7 Å². The largest absolute Gasteiger partial charge is 0.310 e. The number of pyridine rings is 1. The van der Waals surface area contributed by atoms with Crippen LogP contribution < -0.4 is 5.32 Å². The van der Waals surface area contributed by atoms with Gasteiger partial charge in [0.25, 0.3) is 0 Å². The molecule has 2 heterocycles. The van der Waals surface area contributed by atoms with Gasteiger partial charge in [-0.3, -0.25) is 9.67 Å². The molecular formula is C15H22N4. The summed E-state index contributed by atoms with van der Waals surface area (Å²) in [7, 11) is 0. The van der Waals surface area contributed by atoms with Crippen molar-refractivity contribution >= 4 is 0 Å². The Hall–Kier alpha value is -1.68. The maximum absolute atomic E-state index is 4.36. The van der Waals surface area contributed by atoms with Gasteiger partial charge < -0.3 is 5.32 Å². The minimum Gasteiger partial charge on any atom is -0.310 e. The van der Waals surface area contributed by atoms with Crippen molar-refractivity contribution in [1.82, 2.24) is 20.1 Å². The summed E-state index contributed by atoms with van der Waals surface area (Å²) in [6.45, 7) is 6.13. The lowest BCUT2D eigenvalue weighted by Gasteiger charge is -2.16. The number of aryl methyl sites for hydroxylation is 2. The van der Waals surface area contributed by atoms with Crippen molar-refractivity contribution in [2.24, 2.45) is 0 Å². The second-order valence-electron chi connectivity index (χ2n) is 4.64. The monoisotopic (exact) mass is 258 g/mol. The van der Waals surface area contributed by atoms with Crippen LogP contribution in [0.25, 0.3) is 0 Å². The molecule has 102 valence electrons. The predicted molar refractivity (Wildman–Crippen MR) is 76.9 cm³/mol. The van der Waals surface area contributed by atoms with Crippen molar-refractivity contribution in [3.8, 4) is 0 Å². The fourth-order valence-corrected chi connectivity index (χ4v) is 2.22. The minimum absolute atomic E-state index is 0.366. The third-order valence-electron chi connectivity index (χ3n) is 3.27. The van der Waals surface area contributed by atoms with Crippen molar-refractivity contribution in [1.29, 1.82) is 0 Å². The number of aromatic nitrogens is 3. The third-order valence-corrected chi connectivity index (χ3v) is 3.27. The van der Waals surface area contributed by atoms with Crippen molar-refractivity contribution in [3.05, 3.63) is 48.0 Å². The van der Waals surface area contributed by atoms with Gasteiger partial charge in [-0.15, -0.1) is 0 Å². The van der Waals surface area contributed by atoms with Crippen LogP contribution in [0.15, 0.2) is 36.9 Å². The maximum Gasteiger partial charge on any atom is 0.0537 e. The van der Waals surface area contributed by atoms with E-state index in [0.717, 1.165) is 25.9 Å². The van der Waals surface area contributed by atoms with Crippen LogP contribution >= 0.6 is 0 Å². The van der Waals surface area contributed by atoms with Gasteiger partial charge in [-0.2, -0.15) is 5.10 Å². The Labute approximate surface area is 114 Å². The molecule has 0 fully saturated rings. The summed E-state index contributed by atoms with van der Waals surface area (Å²) in [4.78, 5) is 4.16. The summed E-state index contributed by atoms with van der Waals surface area (Å²) in [5.74, 6) is 0. The Morgan fingerprint density at radius 2 is 2.21 bits per heavy atom. The maximum atomic E-state index is 4.36. The molecule has 0 amide bonds. The van der Waals surface area contributed by atoms with Crippen LogP contribution in [0.4, 0.5) is 0 Å². The van der Waals surface area contributed by atoms with Crippen molar-refractivity contribution in [2.75, 3.05) is 6.54 Å². The first kappa shape index (κ1) is 13.7. The molecule has 0 bridgehead atoms. The SMILES string of the molecule is CCNC(CCc1cccnc1)c1cnn(CC)c1. The standard InChI is InChI=1S/C15H22N4/c1-3-17-15(14-11-18-19(4-2)12-14)8-7-13-6-5-9-16-10-13/h5-6,9-12,15,17H,3-4,7-8H2,1-2H3. The average molecular weight is 258 g/mol. The molecule has 0 aromatic carbocycles. The zero-order valence-corrected chi connectivity index (χ0v) is 11.7. The van der Waals surface area contributed by atoms with E-state index in [-0.39, 0.29) is 0 Å². The first-order valence-electron chi connectivity index (χ1n) is 6.98. The van der Waals surface area contributed by atoms with Gasteiger partial charge in [0.1, 0.15) is 0 Å². The highest BCUT2D eigenvalue weighted by atomic mass is 15.3. The lowest BCUT2D eigenvalue weighted by Crippen LogP contribution is -2.21. The summed E-state index contributed by atoms with van der Waals surface area (Å²) < 4.78 is 1.98. The average Bonchev–Trinajstić information content (AvgIpc) is 2.93. The van der Waals surface area contributed by atoms with Gasteiger partial charge in [-0.25, -0.2) is 0 Å². The van der Waals surface area contributed by atoms with E-state index in [1.165, 1.54) is 11.1 Å². The zero-order valence-electron chi connectivity index (χ0n) is 11.7. The minimum atomic E-state index is 0.366. The normalized spacial score (nSPS) is 12.5. The predicted octanol–water partition coefficient (Wildman–Crippen LogP) is 2.58. The number of hydrogen-bond acceptors (Lipinski definition) is 3. The smallest absolute Gasteiger partial charge is 0.0537 e. The molecule has 1 N–H and O–H groups in total. The Kier molecular flexibility index (Phi) is 5.10. The third kappa shape index (κ3) is 3.89. The van der Waals surface area contributed by atoms with Gasteiger partial charge in [0.2, 0.25) is 0 Å². The van der Waals surface area contributed by atoms with E-state index >= 15 is 0 Å². The van der Waals surface area contributed by atoms with Crippen molar-refractivity contribution in [2.45, 2.75) is 39.3 Å². The molecule has 1 unspecified atom stereocenters. The Balaban J connectivity index is 1.99. The fraction of sp³-hybridized carbons (Fsp3) is 0.467. The van der Waals surface area contributed by atoms with Crippen molar-refractivity contribution < 1.29 is 0 Å². The van der Waals surface area contributed by atoms with Crippen LogP contribution in [0.5, 0.6) is 0 Å². The molecule has 0 saturated carbocycles. The molecule has 0 aliphatic carbocycles. The molecule has 0 aliphatic heterocycles. The highest BCUT2D eigenvalue weighted by Gasteiger charge is 2.12. The van der Waals surface area contributed by atoms with E-state index < -0.39 is 0 Å². The second kappa shape index (κ2) is 7.04. The molecule has 0 aliphatic rings. The van der Waals surface area contributed by atoms with E-state index in [4.69, 9.17) is 0 Å². The van der Waals surface area contributed by atoms with Gasteiger partial charge in [0.15, 0.2) is 0 Å². The Morgan fingerprint density at radius 1 is 1.32 bits per heavy atom. The summed E-state index contributed by atoms with van der Waals surface area (Å²) >= 11 is 0. The molecule has 0 spiro atoms. The number of hydrogen-bond donors (Lipinski definition) is 1. The van der Waals surface area contributed by atoms with E-state index in [9.17, 15) is 0 Å². The van der Waals surface area contributed by atoms with Crippen LogP contribution in [-0.4, -0.2) is 21.3 Å². The molecule has 0 radical (unpaired) electrons. The van der Waals surface area contributed by atoms with E-state index in [1.54, 1.807) is 0 Å². The van der Waals surface area contributed by atoms with Crippen LogP contribution in [0.3, 0.4) is 0 Å². The summed E-state index contributed by atoms with van der Waals surface area (Å²) in [6, 6.07) is 4.49. The lowest BCUT2D eigenvalue weighted by molar-refractivity contribution is 0.514. The van der Waals surface area contributed by atoms with Crippen molar-refractivity contribution in [3.63, 3.8) is 0 Å². The van der Waals surface area contributed by atoms with E-state index in [2.05, 4.69) is 41.5 Å². The number of nitrogens with one attached hydrogen (secondary N) is 1. The zero-order chi connectivity index (χ0) is 13.5. The van der Waals surface area contributed by atoms with Crippen LogP contribution in [-0.2, 0) is 13.0 Å². The van der Waals surface area contributed by atoms with Gasteiger partial charge in [0.05, 0.1) is 6.20 Å². The Morgan fingerprint density at radius 3 is 2.84 bits per heavy atom. The Bertz CT molecular complexity index is 478. The molecule has 2 aromatic heterocycles. The fourth-order valence-electron chi connectivity index (χ4n) is 2.22.